The van der Waals surface area contributed by atoms with Crippen LogP contribution in [-0.2, 0) is 19.6 Å². The Balaban J connectivity index is 0.000000140. The third kappa shape index (κ3) is 17.7. The van der Waals surface area contributed by atoms with Gasteiger partial charge in [-0.3, -0.25) is 19.1 Å². The van der Waals surface area contributed by atoms with Gasteiger partial charge in [0, 0.05) is 144 Å². The van der Waals surface area contributed by atoms with Crippen LogP contribution in [0.1, 0.15) is 122 Å². The number of para-hydroxylation sites is 4. The lowest BCUT2D eigenvalue weighted by molar-refractivity contribution is 0.0971. The van der Waals surface area contributed by atoms with Gasteiger partial charge in [0.05, 0.1) is 51.3 Å². The van der Waals surface area contributed by atoms with E-state index in [2.05, 4.69) is 93.6 Å². The van der Waals surface area contributed by atoms with Crippen molar-refractivity contribution in [3.05, 3.63) is 296 Å². The monoisotopic (exact) mass is 1440 g/mol. The summed E-state index contributed by atoms with van der Waals surface area (Å²) in [6.45, 7) is 2.38. The Hall–Kier alpha value is -12.5. The van der Waals surface area contributed by atoms with Gasteiger partial charge in [-0.15, -0.1) is 5.10 Å². The number of nitrogen functional groups attached to an aromatic ring is 3. The Kier molecular flexibility index (Phi) is 22.7. The molecular formula is C86H68Cl3N13O3. The fourth-order valence-corrected chi connectivity index (χ4v) is 12.7. The Morgan fingerprint density at radius 1 is 0.362 bits per heavy atom. The predicted octanol–water partition coefficient (Wildman–Crippen LogP) is 18.2. The van der Waals surface area contributed by atoms with Crippen molar-refractivity contribution in [2.75, 3.05) is 17.2 Å². The fraction of sp³-hybridized carbons (Fsp3) is 0.140. The van der Waals surface area contributed by atoms with E-state index in [1.807, 2.05) is 204 Å². The van der Waals surface area contributed by atoms with Gasteiger partial charge >= 0.3 is 0 Å². The van der Waals surface area contributed by atoms with Crippen molar-refractivity contribution in [3.8, 4) is 35.5 Å². The number of nitrogens with two attached hydrogens (primary N) is 3. The second-order valence-corrected chi connectivity index (χ2v) is 26.3. The lowest BCUT2D eigenvalue weighted by atomic mass is 10.0. The molecule has 6 N–H and O–H groups in total. The van der Waals surface area contributed by atoms with Crippen LogP contribution < -0.4 is 17.2 Å². The molecule has 0 aliphatic carbocycles. The molecule has 16 nitrogen and oxygen atoms in total. The van der Waals surface area contributed by atoms with Gasteiger partial charge in [0.15, 0.2) is 17.3 Å². The number of aryl methyl sites for hydroxylation is 3. The number of halogens is 3. The number of Topliss-reactive ketones (excluding diaryl/α,β-unsaturated/α-hetero) is 3. The second kappa shape index (κ2) is 33.5. The number of fused-ring (bicyclic) bond motifs is 6. The number of hydrogen-bond acceptors (Lipinski definition) is 13. The molecule has 0 aliphatic rings. The van der Waals surface area contributed by atoms with Crippen LogP contribution in [0.2, 0.25) is 15.1 Å². The Morgan fingerprint density at radius 2 is 0.752 bits per heavy atom. The summed E-state index contributed by atoms with van der Waals surface area (Å²) in [7, 11) is 0. The molecular weight excluding hydrogens is 1370 g/mol. The highest BCUT2D eigenvalue weighted by Gasteiger charge is 2.14. The number of imidazole rings is 1. The molecule has 0 aliphatic heterocycles. The first-order valence-corrected chi connectivity index (χ1v) is 35.4. The summed E-state index contributed by atoms with van der Waals surface area (Å²) in [5.74, 6) is 20.2. The number of pyridine rings is 3. The van der Waals surface area contributed by atoms with Crippen LogP contribution >= 0.6 is 34.8 Å². The molecule has 0 radical (unpaired) electrons. The van der Waals surface area contributed by atoms with Crippen LogP contribution in [0.3, 0.4) is 0 Å². The highest BCUT2D eigenvalue weighted by molar-refractivity contribution is 6.32. The summed E-state index contributed by atoms with van der Waals surface area (Å²) in [5, 5.41) is 21.2. The van der Waals surface area contributed by atoms with E-state index in [4.69, 9.17) is 52.0 Å². The normalized spacial score (nSPS) is 10.9. The molecule has 0 bridgehead atoms. The summed E-state index contributed by atoms with van der Waals surface area (Å²) in [5.41, 5.74) is 29.8. The molecule has 15 aromatic rings. The van der Waals surface area contributed by atoms with Gasteiger partial charge < -0.3 is 21.8 Å². The Morgan fingerprint density at radius 3 is 1.21 bits per heavy atom. The van der Waals surface area contributed by atoms with Crippen molar-refractivity contribution in [1.29, 1.82) is 0 Å². The quantitative estimate of drug-likeness (QED) is 0.0412. The van der Waals surface area contributed by atoms with E-state index in [-0.39, 0.29) is 17.3 Å². The molecule has 0 unspecified atom stereocenters. The third-order valence-electron chi connectivity index (χ3n) is 17.9. The van der Waals surface area contributed by atoms with E-state index >= 15 is 0 Å². The van der Waals surface area contributed by atoms with E-state index in [9.17, 15) is 14.4 Å². The van der Waals surface area contributed by atoms with Crippen LogP contribution in [0.5, 0.6) is 0 Å². The molecule has 9 aromatic carbocycles. The summed E-state index contributed by atoms with van der Waals surface area (Å²) in [6.07, 6.45) is 15.5. The molecule has 105 heavy (non-hydrogen) atoms. The van der Waals surface area contributed by atoms with E-state index < -0.39 is 0 Å². The molecule has 0 saturated carbocycles. The van der Waals surface area contributed by atoms with Gasteiger partial charge in [0.25, 0.3) is 0 Å². The topological polar surface area (TPSA) is 234 Å². The minimum Gasteiger partial charge on any atom is -0.383 e. The molecule has 6 aromatic heterocycles. The number of carbonyl (C=O) groups excluding carboxylic acids is 3. The van der Waals surface area contributed by atoms with E-state index in [0.29, 0.717) is 85.2 Å². The van der Waals surface area contributed by atoms with Gasteiger partial charge in [-0.1, -0.05) is 173 Å². The predicted molar refractivity (Wildman–Crippen MR) is 422 cm³/mol. The smallest absolute Gasteiger partial charge is 0.162 e. The molecule has 15 rings (SSSR count). The number of benzene rings is 9. The van der Waals surface area contributed by atoms with Gasteiger partial charge in [0.1, 0.15) is 23.0 Å². The molecule has 6 heterocycles. The molecule has 516 valence electrons. The van der Waals surface area contributed by atoms with E-state index in [1.54, 1.807) is 18.6 Å². The number of carbonyl (C=O) groups is 3. The molecule has 0 fully saturated rings. The first kappa shape index (κ1) is 70.9. The van der Waals surface area contributed by atoms with E-state index in [1.165, 1.54) is 0 Å². The van der Waals surface area contributed by atoms with Gasteiger partial charge in [-0.05, 0) is 142 Å². The zero-order valence-corrected chi connectivity index (χ0v) is 59.3. The largest absolute Gasteiger partial charge is 0.383 e. The number of anilines is 3. The maximum Gasteiger partial charge on any atom is 0.162 e. The first-order valence-electron chi connectivity index (χ1n) is 34.3. The van der Waals surface area contributed by atoms with Crippen LogP contribution in [0.25, 0.3) is 65.3 Å². The summed E-state index contributed by atoms with van der Waals surface area (Å²) in [4.78, 5) is 55.0. The second-order valence-electron chi connectivity index (χ2n) is 25.0. The minimum atomic E-state index is 0.116. The minimum absolute atomic E-state index is 0.116. The average Bonchev–Trinajstić information content (AvgIpc) is 1.72. The van der Waals surface area contributed by atoms with Crippen LogP contribution in [-0.4, -0.2) is 66.6 Å². The number of aromatic nitrogens is 10. The lowest BCUT2D eigenvalue weighted by Gasteiger charge is -2.05. The van der Waals surface area contributed by atoms with Crippen LogP contribution in [0.15, 0.2) is 231 Å². The van der Waals surface area contributed by atoms with Gasteiger partial charge in [-0.25, -0.2) is 24.6 Å². The average molecular weight is 1440 g/mol. The van der Waals surface area contributed by atoms with E-state index in [0.717, 1.165) is 140 Å². The SMILES string of the molecule is Nc1ncc2ccc(Cl)cc2c1C#Cc1ccc(C(=O)CCCCn2cnc3ccccc32)cc1.Nc1ncc2ccc(Cl)cc2c1C#Cc1ccc(C(=O)CCCCn2ncc3ccccc32)cc1.Nc1ncc2ccc(Cl)cc2c1C#Cc1ccc(C(=O)CCCCn2nnc3ccccc32)cc1. The standard InChI is InChI=1S/2C29H23ClN4O.C28H22ClN5O/c30-23-14-13-22-18-32-29(31)24(25(22)17-23)15-10-20-8-11-21(12-9-20)28(35)7-3-4-16-34-19-33-26-5-1-2-6-27(26)34;30-24-14-13-22-18-32-29(31)25(26(22)17-24)15-10-20-8-11-21(12-9-20)28(35)7-3-4-16-34-27-6-2-1-5-23(27)19-33-34;29-22-14-13-21-18-31-28(30)23(24(21)17-22)15-10-19-8-11-20(12-9-19)27(35)7-3-4-16-34-26-6-2-1-5-25(26)32-33-34/h2*1-2,5-6,8-9,11-14,17-19H,3-4,7,16H2,(H2,31,32);1-2,5-6,8-9,11-14,17-18H,3-4,7,16H2,(H2,30,31). The fourth-order valence-electron chi connectivity index (χ4n) is 12.2. The van der Waals surface area contributed by atoms with Crippen molar-refractivity contribution < 1.29 is 14.4 Å². The summed E-state index contributed by atoms with van der Waals surface area (Å²) in [6, 6.07) is 62.8. The third-order valence-corrected chi connectivity index (χ3v) is 18.6. The maximum atomic E-state index is 12.6. The number of unbranched alkanes of at least 4 members (excludes halogenated alkanes) is 3. The van der Waals surface area contributed by atoms with Crippen molar-refractivity contribution in [1.82, 2.24) is 49.3 Å². The highest BCUT2D eigenvalue weighted by atomic mass is 35.5. The number of ketones is 3. The highest BCUT2D eigenvalue weighted by Crippen LogP contribution is 2.29. The maximum absolute atomic E-state index is 12.6. The number of rotatable bonds is 18. The van der Waals surface area contributed by atoms with Gasteiger partial charge in [0.2, 0.25) is 0 Å². The lowest BCUT2D eigenvalue weighted by Crippen LogP contribution is -2.03. The van der Waals surface area contributed by atoms with Crippen LogP contribution in [0, 0.1) is 35.5 Å². The molecule has 0 amide bonds. The van der Waals surface area contributed by atoms with Crippen molar-refractivity contribution in [2.24, 2.45) is 0 Å². The van der Waals surface area contributed by atoms with Crippen LogP contribution in [0.4, 0.5) is 17.5 Å². The first-order chi connectivity index (χ1) is 51.2. The Bertz CT molecular complexity index is 5340. The Labute approximate surface area is 621 Å². The molecule has 0 saturated heterocycles. The van der Waals surface area contributed by atoms with Crippen molar-refractivity contribution in [3.63, 3.8) is 0 Å². The van der Waals surface area contributed by atoms with Crippen molar-refractivity contribution >= 4 is 135 Å². The number of nitrogens with zero attached hydrogens (tertiary/aromatic N) is 10. The number of hydrogen-bond donors (Lipinski definition) is 3. The van der Waals surface area contributed by atoms with Crippen molar-refractivity contribution in [2.45, 2.75) is 77.4 Å². The molecule has 19 heteroatoms. The molecule has 0 atom stereocenters. The zero-order chi connectivity index (χ0) is 72.6. The molecule has 0 spiro atoms. The zero-order valence-electron chi connectivity index (χ0n) is 57.0. The van der Waals surface area contributed by atoms with Gasteiger partial charge in [-0.2, -0.15) is 5.10 Å². The summed E-state index contributed by atoms with van der Waals surface area (Å²) >= 11 is 18.5. The summed E-state index contributed by atoms with van der Waals surface area (Å²) < 4.78 is 6.03.